The Morgan fingerprint density at radius 2 is 2.08 bits per heavy atom. The van der Waals surface area contributed by atoms with Gasteiger partial charge in [0.25, 0.3) is 5.56 Å². The molecule has 1 amide bonds. The number of ether oxygens (including phenoxy) is 1. The summed E-state index contributed by atoms with van der Waals surface area (Å²) in [5.74, 6) is 0.768. The summed E-state index contributed by atoms with van der Waals surface area (Å²) in [5, 5.41) is 2.81. The maximum Gasteiger partial charge on any atom is 0.254 e. The standard InChI is InChI=1S/C18H23N3O3/c1-13(2)15-10-18(23)21(12-20-15)11-17(22)19-9-8-14-6-4-5-7-16(14)24-3/h4-7,10,12-13H,8-9,11H2,1-3H3,(H,19,22). The summed E-state index contributed by atoms with van der Waals surface area (Å²) in [7, 11) is 1.62. The molecule has 0 radical (unpaired) electrons. The van der Waals surface area contributed by atoms with Crippen molar-refractivity contribution in [3.8, 4) is 5.75 Å². The van der Waals surface area contributed by atoms with Crippen LogP contribution in [-0.4, -0.2) is 29.1 Å². The van der Waals surface area contributed by atoms with Crippen molar-refractivity contribution < 1.29 is 9.53 Å². The first-order valence-corrected chi connectivity index (χ1v) is 7.96. The minimum absolute atomic E-state index is 0.0316. The second kappa shape index (κ2) is 8.29. The van der Waals surface area contributed by atoms with E-state index in [0.717, 1.165) is 17.0 Å². The van der Waals surface area contributed by atoms with E-state index in [9.17, 15) is 9.59 Å². The normalized spacial score (nSPS) is 10.7. The fourth-order valence-corrected chi connectivity index (χ4v) is 2.33. The van der Waals surface area contributed by atoms with Gasteiger partial charge in [0.2, 0.25) is 5.91 Å². The maximum atomic E-state index is 12.0. The van der Waals surface area contributed by atoms with Crippen molar-refractivity contribution in [3.05, 3.63) is 58.3 Å². The van der Waals surface area contributed by atoms with Crippen LogP contribution >= 0.6 is 0 Å². The minimum atomic E-state index is -0.217. The number of para-hydroxylation sites is 1. The molecule has 2 rings (SSSR count). The van der Waals surface area contributed by atoms with Crippen LogP contribution in [0.2, 0.25) is 0 Å². The summed E-state index contributed by atoms with van der Waals surface area (Å²) in [6.45, 7) is 4.38. The van der Waals surface area contributed by atoms with Crippen molar-refractivity contribution in [1.82, 2.24) is 14.9 Å². The summed E-state index contributed by atoms with van der Waals surface area (Å²) >= 11 is 0. The number of rotatable bonds is 7. The number of carbonyl (C=O) groups excluding carboxylic acids is 1. The Labute approximate surface area is 141 Å². The molecule has 0 fully saturated rings. The molecule has 0 bridgehead atoms. The molecule has 24 heavy (non-hydrogen) atoms. The molecule has 1 aromatic carbocycles. The SMILES string of the molecule is COc1ccccc1CCNC(=O)Cn1cnc(C(C)C)cc1=O. The zero-order valence-electron chi connectivity index (χ0n) is 14.3. The summed E-state index contributed by atoms with van der Waals surface area (Å²) < 4.78 is 6.59. The molecule has 1 N–H and O–H groups in total. The van der Waals surface area contributed by atoms with Crippen molar-refractivity contribution in [2.75, 3.05) is 13.7 Å². The van der Waals surface area contributed by atoms with E-state index in [1.54, 1.807) is 7.11 Å². The molecule has 0 aliphatic rings. The van der Waals surface area contributed by atoms with Crippen LogP contribution in [0.1, 0.15) is 31.0 Å². The Kier molecular flexibility index (Phi) is 6.12. The van der Waals surface area contributed by atoms with E-state index in [1.165, 1.54) is 17.0 Å². The second-order valence-electron chi connectivity index (χ2n) is 5.85. The van der Waals surface area contributed by atoms with Crippen molar-refractivity contribution in [3.63, 3.8) is 0 Å². The predicted octanol–water partition coefficient (Wildman–Crippen LogP) is 1.73. The van der Waals surface area contributed by atoms with E-state index in [0.29, 0.717) is 13.0 Å². The fourth-order valence-electron chi connectivity index (χ4n) is 2.33. The Morgan fingerprint density at radius 3 is 2.75 bits per heavy atom. The molecule has 1 heterocycles. The molecule has 0 spiro atoms. The molecular formula is C18H23N3O3. The topological polar surface area (TPSA) is 73.2 Å². The number of nitrogens with zero attached hydrogens (tertiary/aromatic N) is 2. The maximum absolute atomic E-state index is 12.0. The van der Waals surface area contributed by atoms with Gasteiger partial charge in [0.1, 0.15) is 12.3 Å². The highest BCUT2D eigenvalue weighted by atomic mass is 16.5. The summed E-state index contributed by atoms with van der Waals surface area (Å²) in [5.41, 5.74) is 1.54. The van der Waals surface area contributed by atoms with Gasteiger partial charge in [-0.3, -0.25) is 14.2 Å². The van der Waals surface area contributed by atoms with Crippen molar-refractivity contribution in [2.24, 2.45) is 0 Å². The lowest BCUT2D eigenvalue weighted by Crippen LogP contribution is -2.33. The molecule has 0 aliphatic carbocycles. The molecule has 1 aromatic heterocycles. The van der Waals surface area contributed by atoms with Crippen molar-refractivity contribution in [2.45, 2.75) is 32.7 Å². The zero-order valence-corrected chi connectivity index (χ0v) is 14.3. The molecule has 0 saturated carbocycles. The summed E-state index contributed by atoms with van der Waals surface area (Å²) in [6.07, 6.45) is 2.09. The number of hydrogen-bond donors (Lipinski definition) is 1. The average Bonchev–Trinajstić information content (AvgIpc) is 2.57. The van der Waals surface area contributed by atoms with Crippen LogP contribution in [0, 0.1) is 0 Å². The molecule has 0 saturated heterocycles. The van der Waals surface area contributed by atoms with Crippen LogP contribution in [0.4, 0.5) is 0 Å². The van der Waals surface area contributed by atoms with Crippen LogP contribution in [0.3, 0.4) is 0 Å². The van der Waals surface area contributed by atoms with Gasteiger partial charge in [0.05, 0.1) is 19.1 Å². The van der Waals surface area contributed by atoms with Crippen LogP contribution in [0.25, 0.3) is 0 Å². The lowest BCUT2D eigenvalue weighted by Gasteiger charge is -2.10. The first-order chi connectivity index (χ1) is 11.5. The highest BCUT2D eigenvalue weighted by Crippen LogP contribution is 2.17. The van der Waals surface area contributed by atoms with E-state index in [1.807, 2.05) is 38.1 Å². The number of hydrogen-bond acceptors (Lipinski definition) is 4. The minimum Gasteiger partial charge on any atom is -0.496 e. The van der Waals surface area contributed by atoms with E-state index in [-0.39, 0.29) is 23.9 Å². The predicted molar refractivity (Wildman–Crippen MR) is 92.3 cm³/mol. The van der Waals surface area contributed by atoms with Crippen LogP contribution in [-0.2, 0) is 17.8 Å². The Balaban J connectivity index is 1.89. The van der Waals surface area contributed by atoms with Gasteiger partial charge < -0.3 is 10.1 Å². The number of carbonyl (C=O) groups is 1. The highest BCUT2D eigenvalue weighted by Gasteiger charge is 2.08. The van der Waals surface area contributed by atoms with E-state index >= 15 is 0 Å². The van der Waals surface area contributed by atoms with Gasteiger partial charge in [-0.15, -0.1) is 0 Å². The first kappa shape index (κ1) is 17.7. The number of benzene rings is 1. The quantitative estimate of drug-likeness (QED) is 0.840. The molecule has 0 atom stereocenters. The largest absolute Gasteiger partial charge is 0.496 e. The number of methoxy groups -OCH3 is 1. The van der Waals surface area contributed by atoms with Gasteiger partial charge in [-0.25, -0.2) is 4.98 Å². The van der Waals surface area contributed by atoms with Crippen LogP contribution < -0.4 is 15.6 Å². The van der Waals surface area contributed by atoms with Gasteiger partial charge in [-0.1, -0.05) is 32.0 Å². The number of aromatic nitrogens is 2. The van der Waals surface area contributed by atoms with E-state index < -0.39 is 0 Å². The summed E-state index contributed by atoms with van der Waals surface area (Å²) in [6, 6.07) is 9.16. The lowest BCUT2D eigenvalue weighted by molar-refractivity contribution is -0.121. The van der Waals surface area contributed by atoms with Gasteiger partial charge in [-0.2, -0.15) is 0 Å². The third kappa shape index (κ3) is 4.68. The van der Waals surface area contributed by atoms with Crippen molar-refractivity contribution in [1.29, 1.82) is 0 Å². The van der Waals surface area contributed by atoms with E-state index in [2.05, 4.69) is 10.3 Å². The molecule has 0 unspecified atom stereocenters. The molecular weight excluding hydrogens is 306 g/mol. The zero-order chi connectivity index (χ0) is 17.5. The number of amides is 1. The molecule has 128 valence electrons. The molecule has 0 aliphatic heterocycles. The van der Waals surface area contributed by atoms with Gasteiger partial charge in [-0.05, 0) is 24.0 Å². The number of nitrogens with one attached hydrogen (secondary N) is 1. The third-order valence-corrected chi connectivity index (χ3v) is 3.72. The molecule has 6 heteroatoms. The Hall–Kier alpha value is -2.63. The average molecular weight is 329 g/mol. The Morgan fingerprint density at radius 1 is 1.33 bits per heavy atom. The van der Waals surface area contributed by atoms with Gasteiger partial charge in [0, 0.05) is 12.6 Å². The smallest absolute Gasteiger partial charge is 0.254 e. The van der Waals surface area contributed by atoms with Crippen molar-refractivity contribution >= 4 is 5.91 Å². The Bertz CT molecular complexity index is 753. The van der Waals surface area contributed by atoms with Gasteiger partial charge in [0.15, 0.2) is 0 Å². The molecule has 6 nitrogen and oxygen atoms in total. The van der Waals surface area contributed by atoms with E-state index in [4.69, 9.17) is 4.74 Å². The third-order valence-electron chi connectivity index (χ3n) is 3.72. The van der Waals surface area contributed by atoms with Crippen LogP contribution in [0.5, 0.6) is 5.75 Å². The first-order valence-electron chi connectivity index (χ1n) is 7.96. The molecule has 2 aromatic rings. The highest BCUT2D eigenvalue weighted by molar-refractivity contribution is 5.75. The van der Waals surface area contributed by atoms with Gasteiger partial charge >= 0.3 is 0 Å². The lowest BCUT2D eigenvalue weighted by atomic mass is 10.1. The fraction of sp³-hybridized carbons (Fsp3) is 0.389. The van der Waals surface area contributed by atoms with Crippen LogP contribution in [0.15, 0.2) is 41.5 Å². The monoisotopic (exact) mass is 329 g/mol. The summed E-state index contributed by atoms with van der Waals surface area (Å²) in [4.78, 5) is 28.2. The second-order valence-corrected chi connectivity index (χ2v) is 5.85.